The third kappa shape index (κ3) is 3.26. The van der Waals surface area contributed by atoms with Crippen LogP contribution in [-0.2, 0) is 4.79 Å². The van der Waals surface area contributed by atoms with Gasteiger partial charge in [0.25, 0.3) is 0 Å². The van der Waals surface area contributed by atoms with Crippen molar-refractivity contribution in [2.24, 2.45) is 0 Å². The molecular formula is C15H22N2O2. The molecule has 1 amide bonds. The summed E-state index contributed by atoms with van der Waals surface area (Å²) in [5.74, 6) is 0.162. The van der Waals surface area contributed by atoms with Crippen LogP contribution >= 0.6 is 0 Å². The third-order valence-corrected chi connectivity index (χ3v) is 3.70. The SMILES string of the molecule is CC[C@@H](O)c1ccc(N2CCCN(C)C(=O)C2)cc1. The predicted octanol–water partition coefficient (Wildman–Crippen LogP) is 1.80. The monoisotopic (exact) mass is 262 g/mol. The van der Waals surface area contributed by atoms with Crippen LogP contribution in [0.2, 0.25) is 0 Å². The molecule has 1 fully saturated rings. The highest BCUT2D eigenvalue weighted by molar-refractivity contribution is 5.81. The number of carbonyl (C=O) groups excluding carboxylic acids is 1. The first-order valence-electron chi connectivity index (χ1n) is 6.88. The molecule has 4 nitrogen and oxygen atoms in total. The Morgan fingerprint density at radius 1 is 1.26 bits per heavy atom. The van der Waals surface area contributed by atoms with Gasteiger partial charge in [-0.05, 0) is 30.5 Å². The maximum Gasteiger partial charge on any atom is 0.241 e. The minimum absolute atomic E-state index is 0.162. The van der Waals surface area contributed by atoms with Crippen molar-refractivity contribution in [3.63, 3.8) is 0 Å². The minimum atomic E-state index is -0.397. The summed E-state index contributed by atoms with van der Waals surface area (Å²) in [5, 5.41) is 9.78. The molecular weight excluding hydrogens is 240 g/mol. The summed E-state index contributed by atoms with van der Waals surface area (Å²) >= 11 is 0. The maximum atomic E-state index is 11.9. The number of nitrogens with zero attached hydrogens (tertiary/aromatic N) is 2. The minimum Gasteiger partial charge on any atom is -0.388 e. The van der Waals surface area contributed by atoms with Crippen LogP contribution in [0.1, 0.15) is 31.4 Å². The van der Waals surface area contributed by atoms with Crippen molar-refractivity contribution >= 4 is 11.6 Å². The summed E-state index contributed by atoms with van der Waals surface area (Å²) in [7, 11) is 1.85. The van der Waals surface area contributed by atoms with Crippen molar-refractivity contribution < 1.29 is 9.90 Å². The van der Waals surface area contributed by atoms with Crippen LogP contribution in [0.4, 0.5) is 5.69 Å². The van der Waals surface area contributed by atoms with Gasteiger partial charge in [0.15, 0.2) is 0 Å². The van der Waals surface area contributed by atoms with E-state index in [0.29, 0.717) is 13.0 Å². The number of hydrogen-bond acceptors (Lipinski definition) is 3. The Bertz CT molecular complexity index is 430. The Balaban J connectivity index is 2.11. The number of aliphatic hydroxyl groups excluding tert-OH is 1. The molecule has 0 aromatic heterocycles. The molecule has 1 aliphatic heterocycles. The molecule has 1 aromatic rings. The maximum absolute atomic E-state index is 11.9. The predicted molar refractivity (Wildman–Crippen MR) is 76.2 cm³/mol. The van der Waals surface area contributed by atoms with Crippen LogP contribution in [0.3, 0.4) is 0 Å². The third-order valence-electron chi connectivity index (χ3n) is 3.70. The Kier molecular flexibility index (Phi) is 4.43. The molecule has 4 heteroatoms. The molecule has 0 unspecified atom stereocenters. The summed E-state index contributed by atoms with van der Waals surface area (Å²) < 4.78 is 0. The molecule has 0 aliphatic carbocycles. The van der Waals surface area contributed by atoms with E-state index < -0.39 is 6.10 Å². The van der Waals surface area contributed by atoms with Gasteiger partial charge in [0, 0.05) is 25.8 Å². The zero-order chi connectivity index (χ0) is 13.8. The highest BCUT2D eigenvalue weighted by Crippen LogP contribution is 2.22. The van der Waals surface area contributed by atoms with Gasteiger partial charge in [-0.1, -0.05) is 19.1 Å². The molecule has 19 heavy (non-hydrogen) atoms. The Hall–Kier alpha value is -1.55. The number of anilines is 1. The first kappa shape index (κ1) is 13.9. The summed E-state index contributed by atoms with van der Waals surface area (Å²) in [6, 6.07) is 7.88. The van der Waals surface area contributed by atoms with Crippen molar-refractivity contribution in [1.29, 1.82) is 0 Å². The lowest BCUT2D eigenvalue weighted by atomic mass is 10.1. The van der Waals surface area contributed by atoms with E-state index >= 15 is 0 Å². The quantitative estimate of drug-likeness (QED) is 0.903. The smallest absolute Gasteiger partial charge is 0.241 e. The molecule has 1 saturated heterocycles. The number of aliphatic hydroxyl groups is 1. The Morgan fingerprint density at radius 3 is 2.58 bits per heavy atom. The van der Waals surface area contributed by atoms with Crippen LogP contribution < -0.4 is 4.90 Å². The fourth-order valence-corrected chi connectivity index (χ4v) is 2.35. The molecule has 1 heterocycles. The molecule has 1 N–H and O–H groups in total. The lowest BCUT2D eigenvalue weighted by Gasteiger charge is -2.22. The number of carbonyl (C=O) groups is 1. The largest absolute Gasteiger partial charge is 0.388 e. The van der Waals surface area contributed by atoms with Gasteiger partial charge in [-0.15, -0.1) is 0 Å². The summed E-state index contributed by atoms with van der Waals surface area (Å²) in [5.41, 5.74) is 1.99. The first-order chi connectivity index (χ1) is 9.11. The average Bonchev–Trinajstić information content (AvgIpc) is 2.60. The molecule has 104 valence electrons. The van der Waals surface area contributed by atoms with Crippen LogP contribution in [-0.4, -0.2) is 42.6 Å². The lowest BCUT2D eigenvalue weighted by molar-refractivity contribution is -0.127. The van der Waals surface area contributed by atoms with Gasteiger partial charge in [0.2, 0.25) is 5.91 Å². The van der Waals surface area contributed by atoms with E-state index in [0.717, 1.165) is 30.8 Å². The van der Waals surface area contributed by atoms with E-state index in [4.69, 9.17) is 0 Å². The molecule has 1 atom stereocenters. The Labute approximate surface area is 114 Å². The molecule has 1 aliphatic rings. The Morgan fingerprint density at radius 2 is 1.95 bits per heavy atom. The van der Waals surface area contributed by atoms with Crippen LogP contribution in [0.25, 0.3) is 0 Å². The van der Waals surface area contributed by atoms with E-state index in [1.165, 1.54) is 0 Å². The van der Waals surface area contributed by atoms with Crippen LogP contribution in [0, 0.1) is 0 Å². The summed E-state index contributed by atoms with van der Waals surface area (Å²) in [4.78, 5) is 15.8. The van der Waals surface area contributed by atoms with E-state index in [1.54, 1.807) is 4.90 Å². The fourth-order valence-electron chi connectivity index (χ4n) is 2.35. The van der Waals surface area contributed by atoms with Gasteiger partial charge in [-0.3, -0.25) is 4.79 Å². The second-order valence-electron chi connectivity index (χ2n) is 5.11. The number of amides is 1. The number of likely N-dealkylation sites (N-methyl/N-ethyl adjacent to an activating group) is 1. The van der Waals surface area contributed by atoms with E-state index in [1.807, 2.05) is 38.2 Å². The lowest BCUT2D eigenvalue weighted by Crippen LogP contribution is -2.34. The normalized spacial score (nSPS) is 18.4. The molecule has 0 bridgehead atoms. The van der Waals surface area contributed by atoms with Gasteiger partial charge < -0.3 is 14.9 Å². The van der Waals surface area contributed by atoms with Gasteiger partial charge in [0.1, 0.15) is 0 Å². The highest BCUT2D eigenvalue weighted by Gasteiger charge is 2.19. The van der Waals surface area contributed by atoms with Crippen molar-refractivity contribution in [3.8, 4) is 0 Å². The van der Waals surface area contributed by atoms with Crippen molar-refractivity contribution in [3.05, 3.63) is 29.8 Å². The fraction of sp³-hybridized carbons (Fsp3) is 0.533. The van der Waals surface area contributed by atoms with Gasteiger partial charge in [0.05, 0.1) is 12.6 Å². The van der Waals surface area contributed by atoms with Crippen molar-refractivity contribution in [1.82, 2.24) is 4.90 Å². The highest BCUT2D eigenvalue weighted by atomic mass is 16.3. The van der Waals surface area contributed by atoms with Crippen molar-refractivity contribution in [2.75, 3.05) is 31.6 Å². The number of hydrogen-bond donors (Lipinski definition) is 1. The second-order valence-corrected chi connectivity index (χ2v) is 5.11. The van der Waals surface area contributed by atoms with Crippen LogP contribution in [0.15, 0.2) is 24.3 Å². The first-order valence-corrected chi connectivity index (χ1v) is 6.88. The number of benzene rings is 1. The van der Waals surface area contributed by atoms with E-state index in [2.05, 4.69) is 4.90 Å². The van der Waals surface area contributed by atoms with Gasteiger partial charge >= 0.3 is 0 Å². The summed E-state index contributed by atoms with van der Waals surface area (Å²) in [6.45, 7) is 4.11. The average molecular weight is 262 g/mol. The second kappa shape index (κ2) is 6.06. The van der Waals surface area contributed by atoms with E-state index in [-0.39, 0.29) is 5.91 Å². The standard InChI is InChI=1S/C15H22N2O2/c1-3-14(18)12-5-7-13(8-6-12)17-10-4-9-16(2)15(19)11-17/h5-8,14,18H,3-4,9-11H2,1-2H3/t14-/m1/s1. The number of rotatable bonds is 3. The zero-order valence-electron chi connectivity index (χ0n) is 11.7. The summed E-state index contributed by atoms with van der Waals surface area (Å²) in [6.07, 6.45) is 1.31. The van der Waals surface area contributed by atoms with Gasteiger partial charge in [-0.25, -0.2) is 0 Å². The molecule has 0 saturated carbocycles. The molecule has 1 aromatic carbocycles. The van der Waals surface area contributed by atoms with Crippen LogP contribution in [0.5, 0.6) is 0 Å². The zero-order valence-corrected chi connectivity index (χ0v) is 11.7. The van der Waals surface area contributed by atoms with Gasteiger partial charge in [-0.2, -0.15) is 0 Å². The molecule has 0 spiro atoms. The van der Waals surface area contributed by atoms with E-state index in [9.17, 15) is 9.90 Å². The topological polar surface area (TPSA) is 43.8 Å². The molecule has 2 rings (SSSR count). The molecule has 0 radical (unpaired) electrons. The van der Waals surface area contributed by atoms with Crippen molar-refractivity contribution in [2.45, 2.75) is 25.9 Å².